The summed E-state index contributed by atoms with van der Waals surface area (Å²) in [5, 5.41) is 19.4. The minimum absolute atomic E-state index is 0.0419. The number of aromatic nitrogens is 1. The van der Waals surface area contributed by atoms with Gasteiger partial charge in [-0.1, -0.05) is 35.4 Å². The second-order valence-corrected chi connectivity index (χ2v) is 10.5. The topological polar surface area (TPSA) is 100 Å². The first-order valence-electron chi connectivity index (χ1n) is 12.5. The quantitative estimate of drug-likeness (QED) is 0.199. The molecule has 1 aromatic heterocycles. The van der Waals surface area contributed by atoms with Crippen LogP contribution >= 0.6 is 23.2 Å². The number of halogens is 3. The van der Waals surface area contributed by atoms with Crippen LogP contribution in [0.1, 0.15) is 33.3 Å². The van der Waals surface area contributed by atoms with Gasteiger partial charge >= 0.3 is 0 Å². The lowest BCUT2D eigenvalue weighted by Gasteiger charge is -2.22. The van der Waals surface area contributed by atoms with Crippen molar-refractivity contribution in [2.75, 3.05) is 10.6 Å². The molecule has 8 nitrogen and oxygen atoms in total. The van der Waals surface area contributed by atoms with E-state index in [1.807, 2.05) is 31.1 Å². The first-order valence-corrected chi connectivity index (χ1v) is 13.2. The fourth-order valence-corrected chi connectivity index (χ4v) is 4.39. The SMILES string of the molecule is C=C(C=NC=C(C)C)[C@H](Nc1cc(Cl)c2ncc(C#N)c(Nc3ccc(F)c(Cl)c3)c2c1)C1=CN(C(C)C)NN1. The van der Waals surface area contributed by atoms with Gasteiger partial charge in [0.05, 0.1) is 38.6 Å². The summed E-state index contributed by atoms with van der Waals surface area (Å²) in [5.74, 6) is -0.540. The minimum atomic E-state index is -0.540. The fraction of sp³-hybridized carbons (Fsp3) is 0.207. The molecule has 0 saturated carbocycles. The maximum Gasteiger partial charge on any atom is 0.141 e. The Labute approximate surface area is 242 Å². The molecule has 0 unspecified atom stereocenters. The third-order valence-electron chi connectivity index (χ3n) is 5.96. The number of anilines is 3. The number of fused-ring (bicyclic) bond motifs is 1. The van der Waals surface area contributed by atoms with E-state index in [1.165, 1.54) is 24.4 Å². The van der Waals surface area contributed by atoms with Crippen molar-refractivity contribution in [3.8, 4) is 6.07 Å². The molecule has 1 aliphatic heterocycles. The van der Waals surface area contributed by atoms with Gasteiger partial charge in [-0.3, -0.25) is 15.0 Å². The van der Waals surface area contributed by atoms with Crippen LogP contribution in [0.15, 0.2) is 77.3 Å². The van der Waals surface area contributed by atoms with Crippen molar-refractivity contribution in [3.63, 3.8) is 0 Å². The predicted molar refractivity (Wildman–Crippen MR) is 162 cm³/mol. The van der Waals surface area contributed by atoms with Gasteiger partial charge in [0.25, 0.3) is 0 Å². The van der Waals surface area contributed by atoms with Gasteiger partial charge in [0.2, 0.25) is 0 Å². The molecule has 0 saturated heterocycles. The Kier molecular flexibility index (Phi) is 8.95. The number of allylic oxidation sites excluding steroid dienone is 1. The lowest BCUT2D eigenvalue weighted by atomic mass is 10.0. The van der Waals surface area contributed by atoms with E-state index in [0.29, 0.717) is 38.6 Å². The molecule has 0 bridgehead atoms. The van der Waals surface area contributed by atoms with Crippen LogP contribution in [0, 0.1) is 17.1 Å². The molecule has 2 aromatic carbocycles. The molecule has 11 heteroatoms. The number of pyridine rings is 1. The van der Waals surface area contributed by atoms with Gasteiger partial charge in [-0.2, -0.15) is 5.26 Å². The highest BCUT2D eigenvalue weighted by Gasteiger charge is 2.24. The molecule has 0 amide bonds. The third kappa shape index (κ3) is 6.54. The molecule has 0 radical (unpaired) electrons. The molecule has 4 N–H and O–H groups in total. The van der Waals surface area contributed by atoms with Crippen molar-refractivity contribution in [1.29, 1.82) is 5.26 Å². The van der Waals surface area contributed by atoms with E-state index in [-0.39, 0.29) is 16.6 Å². The van der Waals surface area contributed by atoms with Crippen LogP contribution in [0.2, 0.25) is 10.0 Å². The second kappa shape index (κ2) is 12.4. The van der Waals surface area contributed by atoms with Crippen LogP contribution in [0.4, 0.5) is 21.5 Å². The summed E-state index contributed by atoms with van der Waals surface area (Å²) >= 11 is 12.7. The minimum Gasteiger partial charge on any atom is -0.373 e. The first kappa shape index (κ1) is 28.9. The van der Waals surface area contributed by atoms with Crippen molar-refractivity contribution in [3.05, 3.63) is 93.8 Å². The Morgan fingerprint density at radius 1 is 1.20 bits per heavy atom. The number of nitriles is 1. The zero-order chi connectivity index (χ0) is 29.0. The number of hydrogen-bond donors (Lipinski definition) is 4. The van der Waals surface area contributed by atoms with Crippen LogP contribution < -0.4 is 21.6 Å². The average molecular weight is 580 g/mol. The largest absolute Gasteiger partial charge is 0.373 e. The van der Waals surface area contributed by atoms with E-state index in [9.17, 15) is 9.65 Å². The van der Waals surface area contributed by atoms with E-state index >= 15 is 0 Å². The van der Waals surface area contributed by atoms with Crippen LogP contribution in [-0.4, -0.2) is 28.3 Å². The van der Waals surface area contributed by atoms with Crippen LogP contribution in [0.3, 0.4) is 0 Å². The van der Waals surface area contributed by atoms with Crippen molar-refractivity contribution >= 4 is 57.4 Å². The normalized spacial score (nSPS) is 13.7. The lowest BCUT2D eigenvalue weighted by molar-refractivity contribution is 0.221. The number of aliphatic imine (C=N–C) groups is 1. The maximum atomic E-state index is 13.8. The van der Waals surface area contributed by atoms with Crippen molar-refractivity contribution < 1.29 is 4.39 Å². The predicted octanol–water partition coefficient (Wildman–Crippen LogP) is 7.20. The Morgan fingerprint density at radius 2 is 1.95 bits per heavy atom. The highest BCUT2D eigenvalue weighted by atomic mass is 35.5. The molecular weight excluding hydrogens is 550 g/mol. The average Bonchev–Trinajstić information content (AvgIpc) is 3.40. The molecule has 3 aromatic rings. The van der Waals surface area contributed by atoms with Crippen LogP contribution in [0.5, 0.6) is 0 Å². The molecule has 206 valence electrons. The van der Waals surface area contributed by atoms with Gasteiger partial charge in [-0.15, -0.1) is 5.53 Å². The zero-order valence-electron chi connectivity index (χ0n) is 22.5. The number of nitrogens with one attached hydrogen (secondary N) is 4. The Hall–Kier alpha value is -4.10. The van der Waals surface area contributed by atoms with Crippen LogP contribution in [0.25, 0.3) is 10.9 Å². The Bertz CT molecular complexity index is 1590. The van der Waals surface area contributed by atoms with E-state index < -0.39 is 11.9 Å². The highest BCUT2D eigenvalue weighted by molar-refractivity contribution is 6.36. The van der Waals surface area contributed by atoms with Crippen LogP contribution in [-0.2, 0) is 0 Å². The number of benzene rings is 2. The monoisotopic (exact) mass is 578 g/mol. The highest BCUT2D eigenvalue weighted by Crippen LogP contribution is 2.36. The van der Waals surface area contributed by atoms with E-state index in [1.54, 1.807) is 18.5 Å². The zero-order valence-corrected chi connectivity index (χ0v) is 24.0. The van der Waals surface area contributed by atoms with Gasteiger partial charge in [-0.05, 0) is 63.6 Å². The third-order valence-corrected chi connectivity index (χ3v) is 6.54. The van der Waals surface area contributed by atoms with Gasteiger partial charge in [0, 0.05) is 47.6 Å². The molecule has 0 fully saturated rings. The molecule has 0 aliphatic carbocycles. The number of hydrogen-bond acceptors (Lipinski definition) is 8. The van der Waals surface area contributed by atoms with Gasteiger partial charge in [0.1, 0.15) is 11.9 Å². The molecule has 2 heterocycles. The second-order valence-electron chi connectivity index (χ2n) is 9.73. The summed E-state index contributed by atoms with van der Waals surface area (Å²) in [6, 6.07) is 9.81. The standard InChI is InChI=1S/C29H29Cl2FN8/c1-16(2)12-34-13-18(5)27(26-15-40(17(3)4)39-38-26)37-21-8-22-28(36-20-6-7-25(32)23(30)9-20)19(11-33)14-35-29(22)24(31)10-21/h6-10,12-15,17,27,37-39H,5H2,1-4H3,(H,35,36)/t27-/m0/s1. The van der Waals surface area contributed by atoms with Crippen molar-refractivity contribution in [1.82, 2.24) is 21.0 Å². The van der Waals surface area contributed by atoms with Gasteiger partial charge in [-0.25, -0.2) is 4.39 Å². The molecule has 0 spiro atoms. The first-order chi connectivity index (χ1) is 19.1. The van der Waals surface area contributed by atoms with E-state index in [4.69, 9.17) is 23.2 Å². The lowest BCUT2D eigenvalue weighted by Crippen LogP contribution is -2.42. The van der Waals surface area contributed by atoms with E-state index in [2.05, 4.69) is 58.1 Å². The number of hydrazine groups is 2. The molecule has 40 heavy (non-hydrogen) atoms. The molecule has 1 atom stereocenters. The summed E-state index contributed by atoms with van der Waals surface area (Å²) < 4.78 is 13.8. The summed E-state index contributed by atoms with van der Waals surface area (Å²) in [7, 11) is 0. The van der Waals surface area contributed by atoms with Gasteiger partial charge in [0.15, 0.2) is 0 Å². The van der Waals surface area contributed by atoms with Crippen molar-refractivity contribution in [2.45, 2.75) is 39.8 Å². The Balaban J connectivity index is 1.78. The number of nitrogens with zero attached hydrogens (tertiary/aromatic N) is 4. The number of rotatable bonds is 9. The maximum absolute atomic E-state index is 13.8. The molecule has 1 aliphatic rings. The summed E-state index contributed by atoms with van der Waals surface area (Å²) in [5.41, 5.74) is 11.3. The van der Waals surface area contributed by atoms with Gasteiger partial charge < -0.3 is 16.1 Å². The summed E-state index contributed by atoms with van der Waals surface area (Å²) in [6.45, 7) is 12.3. The molecular formula is C29H29Cl2FN8. The smallest absolute Gasteiger partial charge is 0.141 e. The summed E-state index contributed by atoms with van der Waals surface area (Å²) in [6.07, 6.45) is 6.87. The summed E-state index contributed by atoms with van der Waals surface area (Å²) in [4.78, 5) is 8.80. The Morgan fingerprint density at radius 3 is 2.60 bits per heavy atom. The van der Waals surface area contributed by atoms with Crippen molar-refractivity contribution in [2.24, 2.45) is 4.99 Å². The van der Waals surface area contributed by atoms with E-state index in [0.717, 1.165) is 11.3 Å². The molecule has 4 rings (SSSR count). The fourth-order valence-electron chi connectivity index (χ4n) is 3.94.